The smallest absolute Gasteiger partial charge is 0.323 e. The van der Waals surface area contributed by atoms with E-state index in [9.17, 15) is 9.59 Å². The summed E-state index contributed by atoms with van der Waals surface area (Å²) in [7, 11) is 1.40. The molecule has 0 saturated carbocycles. The number of hydrogen-bond acceptors (Lipinski definition) is 6. The molecular weight excluding hydrogens is 254 g/mol. The molecule has 0 radical (unpaired) electrons. The van der Waals surface area contributed by atoms with Crippen molar-refractivity contribution in [2.75, 3.05) is 25.2 Å². The molecule has 2 unspecified atom stereocenters. The lowest BCUT2D eigenvalue weighted by molar-refractivity contribution is -0.145. The third kappa shape index (κ3) is 5.27. The Bertz CT molecular complexity index is 285. The molecule has 0 aromatic heterocycles. The Hall–Kier alpha value is -0.750. The summed E-state index contributed by atoms with van der Waals surface area (Å²) in [5.41, 5.74) is 0. The van der Waals surface area contributed by atoms with Crippen LogP contribution in [0.25, 0.3) is 0 Å². The van der Waals surface area contributed by atoms with Gasteiger partial charge in [0.05, 0.1) is 13.7 Å². The summed E-state index contributed by atoms with van der Waals surface area (Å²) in [6.45, 7) is 2.22. The van der Waals surface area contributed by atoms with E-state index >= 15 is 0 Å². The number of hydrogen-bond donors (Lipinski definition) is 1. The molecule has 1 aliphatic heterocycles. The lowest BCUT2D eigenvalue weighted by atomic mass is 10.1. The molecular formula is C12H21NO4S. The fraction of sp³-hybridized carbons (Fsp3) is 0.833. The lowest BCUT2D eigenvalue weighted by Crippen LogP contribution is -2.50. The van der Waals surface area contributed by atoms with Crippen molar-refractivity contribution in [1.82, 2.24) is 5.32 Å². The van der Waals surface area contributed by atoms with E-state index in [4.69, 9.17) is 4.74 Å². The molecule has 0 aliphatic carbocycles. The van der Waals surface area contributed by atoms with Crippen molar-refractivity contribution in [3.63, 3.8) is 0 Å². The number of carbonyl (C=O) groups is 2. The highest BCUT2D eigenvalue weighted by Crippen LogP contribution is 2.17. The topological polar surface area (TPSA) is 64.6 Å². The van der Waals surface area contributed by atoms with E-state index in [0.29, 0.717) is 13.0 Å². The number of thioether (sulfide) groups is 1. The van der Waals surface area contributed by atoms with Crippen molar-refractivity contribution in [2.45, 2.75) is 38.3 Å². The normalized spacial score (nSPS) is 23.4. The second kappa shape index (κ2) is 8.37. The quantitative estimate of drug-likeness (QED) is 0.729. The molecule has 2 atom stereocenters. The maximum absolute atomic E-state index is 11.6. The van der Waals surface area contributed by atoms with Crippen LogP contribution in [0.1, 0.15) is 26.2 Å². The fourth-order valence-corrected chi connectivity index (χ4v) is 3.00. The fourth-order valence-electron chi connectivity index (χ4n) is 1.85. The van der Waals surface area contributed by atoms with Gasteiger partial charge in [-0.25, -0.2) is 0 Å². The van der Waals surface area contributed by atoms with Crippen LogP contribution in [-0.2, 0) is 19.1 Å². The Labute approximate surface area is 112 Å². The van der Waals surface area contributed by atoms with Gasteiger partial charge in [0.1, 0.15) is 6.04 Å². The summed E-state index contributed by atoms with van der Waals surface area (Å²) in [4.78, 5) is 22.6. The molecule has 1 rings (SSSR count). The van der Waals surface area contributed by atoms with Crippen molar-refractivity contribution in [3.05, 3.63) is 0 Å². The second-order valence-electron chi connectivity index (χ2n) is 4.17. The van der Waals surface area contributed by atoms with E-state index in [1.54, 1.807) is 11.8 Å². The maximum Gasteiger partial charge on any atom is 0.323 e. The molecule has 5 nitrogen and oxygen atoms in total. The Kier molecular flexibility index (Phi) is 7.12. The number of nitrogens with one attached hydrogen (secondary N) is 1. The van der Waals surface area contributed by atoms with Gasteiger partial charge in [0.15, 0.2) is 0 Å². The van der Waals surface area contributed by atoms with Gasteiger partial charge in [-0.15, -0.1) is 0 Å². The van der Waals surface area contributed by atoms with Gasteiger partial charge in [0.2, 0.25) is 0 Å². The van der Waals surface area contributed by atoms with Gasteiger partial charge in [-0.1, -0.05) is 0 Å². The predicted octanol–water partition coefficient (Wildman–Crippen LogP) is 0.966. The van der Waals surface area contributed by atoms with E-state index in [2.05, 4.69) is 10.1 Å². The van der Waals surface area contributed by atoms with Crippen LogP contribution in [0.15, 0.2) is 0 Å². The molecule has 18 heavy (non-hydrogen) atoms. The van der Waals surface area contributed by atoms with Crippen LogP contribution in [0.3, 0.4) is 0 Å². The Morgan fingerprint density at radius 2 is 2.17 bits per heavy atom. The molecule has 0 bridgehead atoms. The van der Waals surface area contributed by atoms with Gasteiger partial charge in [0, 0.05) is 24.0 Å². The van der Waals surface area contributed by atoms with Crippen molar-refractivity contribution in [1.29, 1.82) is 0 Å². The van der Waals surface area contributed by atoms with E-state index in [0.717, 1.165) is 24.3 Å². The maximum atomic E-state index is 11.6. The molecule has 104 valence electrons. The van der Waals surface area contributed by atoms with Crippen LogP contribution in [0, 0.1) is 0 Å². The van der Waals surface area contributed by atoms with E-state index in [1.807, 2.05) is 6.92 Å². The Balaban J connectivity index is 2.26. The average molecular weight is 275 g/mol. The highest BCUT2D eigenvalue weighted by Gasteiger charge is 2.27. The van der Waals surface area contributed by atoms with Gasteiger partial charge in [0.25, 0.3) is 0 Å². The number of esters is 2. The van der Waals surface area contributed by atoms with Gasteiger partial charge in [-0.3, -0.25) is 9.59 Å². The molecule has 0 aromatic rings. The average Bonchev–Trinajstić information content (AvgIpc) is 2.39. The van der Waals surface area contributed by atoms with Crippen LogP contribution in [-0.4, -0.2) is 49.2 Å². The largest absolute Gasteiger partial charge is 0.469 e. The highest BCUT2D eigenvalue weighted by molar-refractivity contribution is 7.99. The Morgan fingerprint density at radius 3 is 2.83 bits per heavy atom. The van der Waals surface area contributed by atoms with E-state index in [1.165, 1.54) is 7.11 Å². The van der Waals surface area contributed by atoms with Crippen LogP contribution in [0.4, 0.5) is 0 Å². The third-order valence-corrected chi connectivity index (χ3v) is 3.98. The minimum absolute atomic E-state index is 0.178. The molecule has 0 amide bonds. The van der Waals surface area contributed by atoms with E-state index < -0.39 is 0 Å². The van der Waals surface area contributed by atoms with Gasteiger partial charge < -0.3 is 14.8 Å². The number of carbonyl (C=O) groups excluding carboxylic acids is 2. The van der Waals surface area contributed by atoms with Crippen molar-refractivity contribution < 1.29 is 19.1 Å². The molecule has 0 aromatic carbocycles. The third-order valence-electron chi connectivity index (χ3n) is 2.77. The highest BCUT2D eigenvalue weighted by atomic mass is 32.2. The molecule has 1 N–H and O–H groups in total. The predicted molar refractivity (Wildman–Crippen MR) is 70.5 cm³/mol. The summed E-state index contributed by atoms with van der Waals surface area (Å²) in [6, 6.07) is 0.0506. The SMILES string of the molecule is CCOC(=O)C1CSCC(CCCC(=O)OC)N1. The second-order valence-corrected chi connectivity index (χ2v) is 5.25. The first-order valence-electron chi connectivity index (χ1n) is 6.24. The van der Waals surface area contributed by atoms with Gasteiger partial charge in [-0.05, 0) is 19.8 Å². The zero-order valence-corrected chi connectivity index (χ0v) is 11.8. The number of methoxy groups -OCH3 is 1. The molecule has 1 heterocycles. The summed E-state index contributed by atoms with van der Waals surface area (Å²) in [6.07, 6.45) is 2.09. The Morgan fingerprint density at radius 1 is 1.39 bits per heavy atom. The number of ether oxygens (including phenoxy) is 2. The van der Waals surface area contributed by atoms with Crippen molar-refractivity contribution in [3.8, 4) is 0 Å². The first kappa shape index (κ1) is 15.3. The van der Waals surface area contributed by atoms with Gasteiger partial charge >= 0.3 is 11.9 Å². The molecule has 6 heteroatoms. The summed E-state index contributed by atoms with van der Waals surface area (Å²) < 4.78 is 9.59. The van der Waals surface area contributed by atoms with Crippen LogP contribution in [0.2, 0.25) is 0 Å². The number of rotatable bonds is 6. The minimum Gasteiger partial charge on any atom is -0.469 e. The zero-order chi connectivity index (χ0) is 13.4. The standard InChI is InChI=1S/C12H21NO4S/c1-3-17-12(15)10-8-18-7-9(13-10)5-4-6-11(14)16-2/h9-10,13H,3-8H2,1-2H3. The lowest BCUT2D eigenvalue weighted by Gasteiger charge is -2.29. The van der Waals surface area contributed by atoms with Crippen LogP contribution >= 0.6 is 11.8 Å². The summed E-state index contributed by atoms with van der Waals surface area (Å²) in [5, 5.41) is 3.28. The molecule has 1 aliphatic rings. The molecule has 1 saturated heterocycles. The van der Waals surface area contributed by atoms with E-state index in [-0.39, 0.29) is 24.0 Å². The zero-order valence-electron chi connectivity index (χ0n) is 10.9. The monoisotopic (exact) mass is 275 g/mol. The summed E-state index contributed by atoms with van der Waals surface area (Å²) >= 11 is 1.75. The molecule has 0 spiro atoms. The molecule has 1 fully saturated rings. The minimum atomic E-state index is -0.216. The van der Waals surface area contributed by atoms with Crippen molar-refractivity contribution in [2.24, 2.45) is 0 Å². The van der Waals surface area contributed by atoms with Crippen LogP contribution in [0.5, 0.6) is 0 Å². The first-order chi connectivity index (χ1) is 8.67. The van der Waals surface area contributed by atoms with Crippen LogP contribution < -0.4 is 5.32 Å². The first-order valence-corrected chi connectivity index (χ1v) is 7.40. The van der Waals surface area contributed by atoms with Crippen molar-refractivity contribution >= 4 is 23.7 Å². The summed E-state index contributed by atoms with van der Waals surface area (Å²) in [5.74, 6) is 1.37. The van der Waals surface area contributed by atoms with Gasteiger partial charge in [-0.2, -0.15) is 11.8 Å².